The van der Waals surface area contributed by atoms with Crippen molar-refractivity contribution < 1.29 is 0 Å². The highest BCUT2D eigenvalue weighted by Crippen LogP contribution is 2.50. The van der Waals surface area contributed by atoms with Crippen LogP contribution in [0.25, 0.3) is 0 Å². The Labute approximate surface area is 127 Å². The topological polar surface area (TPSA) is 29.9 Å². The van der Waals surface area contributed by atoms with Gasteiger partial charge in [-0.05, 0) is 57.4 Å². The van der Waals surface area contributed by atoms with E-state index < -0.39 is 0 Å². The zero-order chi connectivity index (χ0) is 14.3. The van der Waals surface area contributed by atoms with Gasteiger partial charge in [-0.15, -0.1) is 0 Å². The number of hydrogen-bond acceptors (Lipinski definition) is 2. The van der Waals surface area contributed by atoms with Gasteiger partial charge in [-0.1, -0.05) is 18.0 Å². The van der Waals surface area contributed by atoms with Crippen molar-refractivity contribution in [2.75, 3.05) is 7.05 Å². The summed E-state index contributed by atoms with van der Waals surface area (Å²) in [6, 6.07) is 0.520. The second-order valence-corrected chi connectivity index (χ2v) is 7.21. The molecule has 112 valence electrons. The number of halogens is 1. The van der Waals surface area contributed by atoms with Gasteiger partial charge in [0.2, 0.25) is 0 Å². The van der Waals surface area contributed by atoms with Crippen LogP contribution in [0.15, 0.2) is 0 Å². The quantitative estimate of drug-likeness (QED) is 0.903. The van der Waals surface area contributed by atoms with Gasteiger partial charge in [-0.2, -0.15) is 5.10 Å². The smallest absolute Gasteiger partial charge is 0.0847 e. The average Bonchev–Trinajstić information content (AvgIpc) is 3.09. The molecule has 2 fully saturated rings. The first-order valence-corrected chi connectivity index (χ1v) is 8.31. The molecular formula is C16H26ClN3. The van der Waals surface area contributed by atoms with Crippen molar-refractivity contribution in [1.82, 2.24) is 15.1 Å². The zero-order valence-electron chi connectivity index (χ0n) is 12.8. The van der Waals surface area contributed by atoms with Crippen molar-refractivity contribution in [3.8, 4) is 0 Å². The third-order valence-corrected chi connectivity index (χ3v) is 6.07. The van der Waals surface area contributed by atoms with Gasteiger partial charge in [-0.25, -0.2) is 0 Å². The molecule has 0 spiro atoms. The molecule has 2 bridgehead atoms. The number of aryl methyl sites for hydroxylation is 2. The van der Waals surface area contributed by atoms with Crippen LogP contribution < -0.4 is 5.32 Å². The normalized spacial score (nSPS) is 30.1. The second-order valence-electron chi connectivity index (χ2n) is 6.83. The van der Waals surface area contributed by atoms with E-state index in [1.807, 2.05) is 18.7 Å². The predicted octanol–water partition coefficient (Wildman–Crippen LogP) is 3.34. The van der Waals surface area contributed by atoms with Gasteiger partial charge in [0.05, 0.1) is 16.4 Å². The van der Waals surface area contributed by atoms with Crippen LogP contribution in [0.3, 0.4) is 0 Å². The number of fused-ring (bicyclic) bond motifs is 2. The molecule has 2 aliphatic carbocycles. The maximum Gasteiger partial charge on any atom is 0.0847 e. The van der Waals surface area contributed by atoms with Crippen molar-refractivity contribution in [3.63, 3.8) is 0 Å². The fourth-order valence-corrected chi connectivity index (χ4v) is 4.71. The maximum absolute atomic E-state index is 6.38. The Balaban J connectivity index is 1.65. The van der Waals surface area contributed by atoms with E-state index in [1.165, 1.54) is 37.8 Å². The molecule has 1 heterocycles. The summed E-state index contributed by atoms with van der Waals surface area (Å²) in [7, 11) is 4.08. The summed E-state index contributed by atoms with van der Waals surface area (Å²) >= 11 is 6.38. The molecule has 2 saturated carbocycles. The standard InChI is InChI=1S/C16H26ClN3/c1-10-16(17)15(20(3)19-10)9-14(18-2)8-13-7-11-4-5-12(13)6-11/h11-14,18H,4-9H2,1-3H3. The third-order valence-electron chi connectivity index (χ3n) is 5.58. The first-order valence-electron chi connectivity index (χ1n) is 7.93. The van der Waals surface area contributed by atoms with Gasteiger partial charge in [0.1, 0.15) is 0 Å². The third kappa shape index (κ3) is 2.62. The summed E-state index contributed by atoms with van der Waals surface area (Å²) < 4.78 is 1.95. The van der Waals surface area contributed by atoms with Gasteiger partial charge < -0.3 is 5.32 Å². The van der Waals surface area contributed by atoms with Crippen molar-refractivity contribution >= 4 is 11.6 Å². The van der Waals surface area contributed by atoms with Crippen LogP contribution in [0.2, 0.25) is 5.02 Å². The summed E-state index contributed by atoms with van der Waals surface area (Å²) in [5.41, 5.74) is 2.12. The van der Waals surface area contributed by atoms with E-state index in [4.69, 9.17) is 11.6 Å². The molecule has 0 radical (unpaired) electrons. The lowest BCUT2D eigenvalue weighted by atomic mass is 9.83. The Morgan fingerprint density at radius 3 is 2.70 bits per heavy atom. The van der Waals surface area contributed by atoms with Gasteiger partial charge >= 0.3 is 0 Å². The van der Waals surface area contributed by atoms with Crippen molar-refractivity contribution in [3.05, 3.63) is 16.4 Å². The van der Waals surface area contributed by atoms with Crippen LogP contribution in [0, 0.1) is 24.7 Å². The highest BCUT2D eigenvalue weighted by atomic mass is 35.5. The van der Waals surface area contributed by atoms with E-state index in [9.17, 15) is 0 Å². The summed E-state index contributed by atoms with van der Waals surface area (Å²) in [5.74, 6) is 2.96. The minimum Gasteiger partial charge on any atom is -0.317 e. The number of rotatable bonds is 5. The van der Waals surface area contributed by atoms with Crippen LogP contribution in [-0.2, 0) is 13.5 Å². The zero-order valence-corrected chi connectivity index (χ0v) is 13.6. The Bertz CT molecular complexity index is 482. The van der Waals surface area contributed by atoms with E-state index in [-0.39, 0.29) is 0 Å². The monoisotopic (exact) mass is 295 g/mol. The van der Waals surface area contributed by atoms with Crippen molar-refractivity contribution in [2.24, 2.45) is 24.8 Å². The molecule has 0 amide bonds. The maximum atomic E-state index is 6.38. The number of likely N-dealkylation sites (N-methyl/N-ethyl adjacent to an activating group) is 1. The summed E-state index contributed by atoms with van der Waals surface area (Å²) in [5, 5.41) is 8.77. The molecule has 20 heavy (non-hydrogen) atoms. The fourth-order valence-electron chi connectivity index (χ4n) is 4.47. The highest BCUT2D eigenvalue weighted by molar-refractivity contribution is 6.31. The van der Waals surface area contributed by atoms with Gasteiger partial charge in [0, 0.05) is 19.5 Å². The highest BCUT2D eigenvalue weighted by Gasteiger charge is 2.40. The Hall–Kier alpha value is -0.540. The van der Waals surface area contributed by atoms with E-state index in [0.29, 0.717) is 6.04 Å². The molecule has 2 aliphatic rings. The van der Waals surface area contributed by atoms with Crippen molar-refractivity contribution in [1.29, 1.82) is 0 Å². The molecule has 3 rings (SSSR count). The minimum absolute atomic E-state index is 0.520. The molecule has 1 aromatic rings. The van der Waals surface area contributed by atoms with Crippen LogP contribution in [0.5, 0.6) is 0 Å². The Morgan fingerprint density at radius 1 is 1.40 bits per heavy atom. The van der Waals surface area contributed by atoms with E-state index in [2.05, 4.69) is 17.5 Å². The number of hydrogen-bond donors (Lipinski definition) is 1. The fraction of sp³-hybridized carbons (Fsp3) is 0.812. The Kier molecular flexibility index (Phi) is 4.09. The molecule has 1 aromatic heterocycles. The van der Waals surface area contributed by atoms with Crippen LogP contribution in [0.4, 0.5) is 0 Å². The molecule has 4 heteroatoms. The Morgan fingerprint density at radius 2 is 2.20 bits per heavy atom. The summed E-state index contributed by atoms with van der Waals surface area (Å²) in [6.07, 6.45) is 8.18. The predicted molar refractivity (Wildman–Crippen MR) is 83.1 cm³/mol. The lowest BCUT2D eigenvalue weighted by Gasteiger charge is -2.26. The SMILES string of the molecule is CNC(Cc1c(Cl)c(C)nn1C)CC1CC2CCC1C2. The molecule has 0 saturated heterocycles. The van der Waals surface area contributed by atoms with Crippen LogP contribution in [-0.4, -0.2) is 22.9 Å². The van der Waals surface area contributed by atoms with E-state index >= 15 is 0 Å². The molecule has 4 atom stereocenters. The largest absolute Gasteiger partial charge is 0.317 e. The first-order chi connectivity index (χ1) is 9.58. The number of nitrogens with one attached hydrogen (secondary N) is 1. The lowest BCUT2D eigenvalue weighted by molar-refractivity contribution is 0.280. The van der Waals surface area contributed by atoms with Gasteiger partial charge in [-0.3, -0.25) is 4.68 Å². The molecule has 1 N–H and O–H groups in total. The molecule has 0 aliphatic heterocycles. The minimum atomic E-state index is 0.520. The van der Waals surface area contributed by atoms with E-state index in [0.717, 1.165) is 34.9 Å². The van der Waals surface area contributed by atoms with Gasteiger partial charge in [0.15, 0.2) is 0 Å². The second kappa shape index (κ2) is 5.69. The number of nitrogens with zero attached hydrogens (tertiary/aromatic N) is 2. The molecule has 0 aromatic carbocycles. The molecule has 3 nitrogen and oxygen atoms in total. The average molecular weight is 296 g/mol. The van der Waals surface area contributed by atoms with Crippen LogP contribution in [0.1, 0.15) is 43.5 Å². The molecular weight excluding hydrogens is 270 g/mol. The van der Waals surface area contributed by atoms with Crippen molar-refractivity contribution in [2.45, 2.75) is 51.5 Å². The van der Waals surface area contributed by atoms with E-state index in [1.54, 1.807) is 0 Å². The number of aromatic nitrogens is 2. The molecule has 4 unspecified atom stereocenters. The van der Waals surface area contributed by atoms with Gasteiger partial charge in [0.25, 0.3) is 0 Å². The lowest BCUT2D eigenvalue weighted by Crippen LogP contribution is -2.32. The first kappa shape index (κ1) is 14.4. The van der Waals surface area contributed by atoms with Crippen LogP contribution >= 0.6 is 11.6 Å². The summed E-state index contributed by atoms with van der Waals surface area (Å²) in [4.78, 5) is 0. The summed E-state index contributed by atoms with van der Waals surface area (Å²) in [6.45, 7) is 1.98.